The number of benzene rings is 1. The monoisotopic (exact) mass is 341 g/mol. The second-order valence-corrected chi connectivity index (χ2v) is 6.00. The molecule has 0 saturated carbocycles. The maximum atomic E-state index is 12.1. The molecule has 1 aromatic carbocycles. The molecule has 1 fully saturated rings. The SMILES string of the molecule is Cc1ccc(N)c(N/C=C(/C#N)C(=O)NCCCN2CCCC2=O)c1. The summed E-state index contributed by atoms with van der Waals surface area (Å²) in [6.07, 6.45) is 3.53. The first kappa shape index (κ1) is 18.3. The highest BCUT2D eigenvalue weighted by Crippen LogP contribution is 2.19. The number of nitrogens with one attached hydrogen (secondary N) is 2. The van der Waals surface area contributed by atoms with Crippen LogP contribution in [0, 0.1) is 18.3 Å². The summed E-state index contributed by atoms with van der Waals surface area (Å²) >= 11 is 0. The van der Waals surface area contributed by atoms with Gasteiger partial charge in [-0.3, -0.25) is 9.59 Å². The molecule has 0 bridgehead atoms. The van der Waals surface area contributed by atoms with Crippen LogP contribution in [0.2, 0.25) is 0 Å². The number of nitrogens with zero attached hydrogens (tertiary/aromatic N) is 2. The number of carbonyl (C=O) groups excluding carboxylic acids is 2. The second-order valence-electron chi connectivity index (χ2n) is 6.00. The summed E-state index contributed by atoms with van der Waals surface area (Å²) < 4.78 is 0. The van der Waals surface area contributed by atoms with Crippen LogP contribution in [-0.4, -0.2) is 36.3 Å². The zero-order chi connectivity index (χ0) is 18.2. The normalized spacial score (nSPS) is 14.3. The Bertz CT molecular complexity index is 721. The minimum absolute atomic E-state index is 0.0295. The van der Waals surface area contributed by atoms with Crippen molar-refractivity contribution in [3.05, 3.63) is 35.5 Å². The maximum absolute atomic E-state index is 12.1. The zero-order valence-corrected chi connectivity index (χ0v) is 14.3. The molecular formula is C18H23N5O2. The molecule has 1 aliphatic rings. The Hall–Kier alpha value is -3.01. The predicted octanol–water partition coefficient (Wildman–Crippen LogP) is 1.53. The molecule has 2 rings (SSSR count). The van der Waals surface area contributed by atoms with Gasteiger partial charge in [0.2, 0.25) is 5.91 Å². The first-order valence-corrected chi connectivity index (χ1v) is 8.30. The summed E-state index contributed by atoms with van der Waals surface area (Å²) in [5.41, 5.74) is 8.03. The van der Waals surface area contributed by atoms with Gasteiger partial charge in [0.25, 0.3) is 5.91 Å². The second kappa shape index (κ2) is 8.73. The molecule has 1 saturated heterocycles. The van der Waals surface area contributed by atoms with E-state index in [-0.39, 0.29) is 11.5 Å². The van der Waals surface area contributed by atoms with E-state index in [1.807, 2.05) is 25.1 Å². The molecule has 1 heterocycles. The summed E-state index contributed by atoms with van der Waals surface area (Å²) in [6.45, 7) is 3.76. The number of anilines is 2. The number of nitrogens with two attached hydrogens (primary N) is 1. The van der Waals surface area contributed by atoms with Gasteiger partial charge in [-0.25, -0.2) is 0 Å². The van der Waals surface area contributed by atoms with Gasteiger partial charge in [-0.05, 0) is 37.5 Å². The zero-order valence-electron chi connectivity index (χ0n) is 14.3. The average Bonchev–Trinajstić information content (AvgIpc) is 3.00. The van der Waals surface area contributed by atoms with Gasteiger partial charge in [0, 0.05) is 32.3 Å². The molecule has 0 unspecified atom stereocenters. The lowest BCUT2D eigenvalue weighted by atomic mass is 10.2. The van der Waals surface area contributed by atoms with Crippen molar-refractivity contribution < 1.29 is 9.59 Å². The van der Waals surface area contributed by atoms with E-state index in [2.05, 4.69) is 10.6 Å². The van der Waals surface area contributed by atoms with Crippen LogP contribution >= 0.6 is 0 Å². The summed E-state index contributed by atoms with van der Waals surface area (Å²) in [6, 6.07) is 7.36. The van der Waals surface area contributed by atoms with E-state index in [0.29, 0.717) is 37.3 Å². The van der Waals surface area contributed by atoms with Gasteiger partial charge in [0.15, 0.2) is 0 Å². The van der Waals surface area contributed by atoms with Crippen molar-refractivity contribution in [2.45, 2.75) is 26.2 Å². The van der Waals surface area contributed by atoms with Crippen molar-refractivity contribution in [1.82, 2.24) is 10.2 Å². The number of carbonyl (C=O) groups is 2. The first-order valence-electron chi connectivity index (χ1n) is 8.30. The van der Waals surface area contributed by atoms with Crippen molar-refractivity contribution in [3.8, 4) is 6.07 Å². The van der Waals surface area contributed by atoms with E-state index in [9.17, 15) is 9.59 Å². The van der Waals surface area contributed by atoms with Gasteiger partial charge in [-0.15, -0.1) is 0 Å². The predicted molar refractivity (Wildman–Crippen MR) is 96.4 cm³/mol. The third-order valence-corrected chi connectivity index (χ3v) is 4.01. The molecule has 1 aliphatic heterocycles. The van der Waals surface area contributed by atoms with Crippen LogP contribution < -0.4 is 16.4 Å². The Morgan fingerprint density at radius 1 is 1.48 bits per heavy atom. The minimum Gasteiger partial charge on any atom is -0.397 e. The first-order chi connectivity index (χ1) is 12.0. The fourth-order valence-electron chi connectivity index (χ4n) is 2.60. The van der Waals surface area contributed by atoms with Crippen molar-refractivity contribution in [3.63, 3.8) is 0 Å². The van der Waals surface area contributed by atoms with Crippen molar-refractivity contribution in [2.75, 3.05) is 30.7 Å². The van der Waals surface area contributed by atoms with Crippen LogP contribution in [-0.2, 0) is 9.59 Å². The molecule has 0 aliphatic carbocycles. The lowest BCUT2D eigenvalue weighted by Gasteiger charge is -2.15. The molecule has 0 atom stereocenters. The minimum atomic E-state index is -0.450. The van der Waals surface area contributed by atoms with E-state index in [1.54, 1.807) is 11.0 Å². The van der Waals surface area contributed by atoms with Crippen LogP contribution in [0.5, 0.6) is 0 Å². The third-order valence-electron chi connectivity index (χ3n) is 4.01. The van der Waals surface area contributed by atoms with Gasteiger partial charge in [0.1, 0.15) is 11.6 Å². The molecule has 7 heteroatoms. The summed E-state index contributed by atoms with van der Waals surface area (Å²) in [4.78, 5) is 25.4. The smallest absolute Gasteiger partial charge is 0.263 e. The highest BCUT2D eigenvalue weighted by atomic mass is 16.2. The summed E-state index contributed by atoms with van der Waals surface area (Å²) in [7, 11) is 0. The number of aryl methyl sites for hydroxylation is 1. The quantitative estimate of drug-likeness (QED) is 0.301. The van der Waals surface area contributed by atoms with Crippen LogP contribution in [0.3, 0.4) is 0 Å². The van der Waals surface area contributed by atoms with Crippen LogP contribution in [0.4, 0.5) is 11.4 Å². The molecule has 0 spiro atoms. The molecule has 132 valence electrons. The summed E-state index contributed by atoms with van der Waals surface area (Å²) in [5, 5.41) is 14.8. The topological polar surface area (TPSA) is 111 Å². The van der Waals surface area contributed by atoms with Gasteiger partial charge < -0.3 is 21.3 Å². The van der Waals surface area contributed by atoms with Gasteiger partial charge in [-0.2, -0.15) is 5.26 Å². The Morgan fingerprint density at radius 2 is 2.28 bits per heavy atom. The fourth-order valence-corrected chi connectivity index (χ4v) is 2.60. The Morgan fingerprint density at radius 3 is 2.96 bits per heavy atom. The van der Waals surface area contributed by atoms with E-state index in [1.165, 1.54) is 6.20 Å². The Labute approximate surface area is 147 Å². The van der Waals surface area contributed by atoms with Crippen LogP contribution in [0.25, 0.3) is 0 Å². The largest absolute Gasteiger partial charge is 0.397 e. The third kappa shape index (κ3) is 5.24. The number of likely N-dealkylation sites (tertiary alicyclic amines) is 1. The number of amides is 2. The lowest BCUT2D eigenvalue weighted by molar-refractivity contribution is -0.127. The molecule has 25 heavy (non-hydrogen) atoms. The lowest BCUT2D eigenvalue weighted by Crippen LogP contribution is -2.31. The maximum Gasteiger partial charge on any atom is 0.263 e. The Kier molecular flexibility index (Phi) is 6.40. The number of hydrogen-bond acceptors (Lipinski definition) is 5. The van der Waals surface area contributed by atoms with E-state index < -0.39 is 5.91 Å². The van der Waals surface area contributed by atoms with Crippen molar-refractivity contribution in [2.24, 2.45) is 0 Å². The standard InChI is InChI=1S/C18H23N5O2/c1-13-5-6-15(20)16(10-13)22-12-14(11-19)18(25)21-7-3-9-23-8-2-4-17(23)24/h5-6,10,12,22H,2-4,7-9,20H2,1H3,(H,21,25)/b14-12-. The summed E-state index contributed by atoms with van der Waals surface area (Å²) in [5.74, 6) is -0.280. The molecule has 0 aromatic heterocycles. The van der Waals surface area contributed by atoms with E-state index in [0.717, 1.165) is 18.5 Å². The molecule has 0 radical (unpaired) electrons. The van der Waals surface area contributed by atoms with E-state index in [4.69, 9.17) is 11.0 Å². The van der Waals surface area contributed by atoms with Crippen molar-refractivity contribution in [1.29, 1.82) is 5.26 Å². The van der Waals surface area contributed by atoms with Gasteiger partial charge >= 0.3 is 0 Å². The fraction of sp³-hybridized carbons (Fsp3) is 0.389. The van der Waals surface area contributed by atoms with E-state index >= 15 is 0 Å². The molecule has 1 aromatic rings. The van der Waals surface area contributed by atoms with Crippen molar-refractivity contribution >= 4 is 23.2 Å². The number of hydrogen-bond donors (Lipinski definition) is 3. The Balaban J connectivity index is 1.82. The molecule has 7 nitrogen and oxygen atoms in total. The number of rotatable bonds is 7. The number of nitriles is 1. The highest BCUT2D eigenvalue weighted by molar-refractivity contribution is 5.97. The van der Waals surface area contributed by atoms with Gasteiger partial charge in [0.05, 0.1) is 11.4 Å². The molecular weight excluding hydrogens is 318 g/mol. The molecule has 4 N–H and O–H groups in total. The molecule has 2 amide bonds. The van der Waals surface area contributed by atoms with Crippen LogP contribution in [0.15, 0.2) is 30.0 Å². The van der Waals surface area contributed by atoms with Crippen LogP contribution in [0.1, 0.15) is 24.8 Å². The average molecular weight is 341 g/mol. The number of nitrogen functional groups attached to an aromatic ring is 1. The highest BCUT2D eigenvalue weighted by Gasteiger charge is 2.19. The van der Waals surface area contributed by atoms with Gasteiger partial charge in [-0.1, -0.05) is 6.07 Å².